The van der Waals surface area contributed by atoms with Crippen LogP contribution in [-0.4, -0.2) is 23.6 Å². The molecular formula is C12H22N4. The van der Waals surface area contributed by atoms with Gasteiger partial charge in [-0.3, -0.25) is 0 Å². The van der Waals surface area contributed by atoms with Gasteiger partial charge in [0.25, 0.3) is 0 Å². The predicted octanol–water partition coefficient (Wildman–Crippen LogP) is 2.85. The lowest BCUT2D eigenvalue weighted by Crippen LogP contribution is -2.10. The van der Waals surface area contributed by atoms with Crippen LogP contribution in [0.1, 0.15) is 45.1 Å². The third-order valence-electron chi connectivity index (χ3n) is 2.52. The van der Waals surface area contributed by atoms with E-state index < -0.39 is 0 Å². The molecule has 4 heteroatoms. The van der Waals surface area contributed by atoms with Gasteiger partial charge in [0.2, 0.25) is 0 Å². The SMILES string of the molecule is CCCCNc1ncnc(NC)c1C(C)C. The van der Waals surface area contributed by atoms with Crippen LogP contribution in [0.2, 0.25) is 0 Å². The van der Waals surface area contributed by atoms with E-state index in [2.05, 4.69) is 41.4 Å². The molecule has 0 aliphatic heterocycles. The highest BCUT2D eigenvalue weighted by atomic mass is 15.1. The second-order valence-electron chi connectivity index (χ2n) is 4.17. The van der Waals surface area contributed by atoms with Crippen LogP contribution in [0.5, 0.6) is 0 Å². The maximum absolute atomic E-state index is 4.32. The van der Waals surface area contributed by atoms with Gasteiger partial charge in [0.05, 0.1) is 0 Å². The second-order valence-corrected chi connectivity index (χ2v) is 4.17. The Balaban J connectivity index is 2.89. The summed E-state index contributed by atoms with van der Waals surface area (Å²) >= 11 is 0. The zero-order valence-electron chi connectivity index (χ0n) is 10.7. The maximum Gasteiger partial charge on any atom is 0.134 e. The van der Waals surface area contributed by atoms with E-state index in [1.54, 1.807) is 6.33 Å². The fourth-order valence-corrected chi connectivity index (χ4v) is 1.67. The van der Waals surface area contributed by atoms with Gasteiger partial charge in [-0.25, -0.2) is 9.97 Å². The van der Waals surface area contributed by atoms with Crippen LogP contribution < -0.4 is 10.6 Å². The molecule has 2 N–H and O–H groups in total. The molecule has 0 aromatic carbocycles. The average Bonchev–Trinajstić information content (AvgIpc) is 2.28. The first-order valence-electron chi connectivity index (χ1n) is 5.97. The molecule has 0 spiro atoms. The lowest BCUT2D eigenvalue weighted by Gasteiger charge is -2.16. The third-order valence-corrected chi connectivity index (χ3v) is 2.52. The highest BCUT2D eigenvalue weighted by Crippen LogP contribution is 2.27. The Morgan fingerprint density at radius 2 is 1.94 bits per heavy atom. The first-order chi connectivity index (χ1) is 7.70. The summed E-state index contributed by atoms with van der Waals surface area (Å²) in [5.41, 5.74) is 1.17. The number of hydrogen-bond donors (Lipinski definition) is 2. The monoisotopic (exact) mass is 222 g/mol. The molecule has 1 heterocycles. The molecule has 90 valence electrons. The summed E-state index contributed by atoms with van der Waals surface area (Å²) in [6.45, 7) is 7.47. The van der Waals surface area contributed by atoms with Crippen molar-refractivity contribution in [3.8, 4) is 0 Å². The van der Waals surface area contributed by atoms with Gasteiger partial charge in [-0.05, 0) is 12.3 Å². The molecule has 0 unspecified atom stereocenters. The quantitative estimate of drug-likeness (QED) is 0.727. The van der Waals surface area contributed by atoms with Crippen LogP contribution in [0.4, 0.5) is 11.6 Å². The molecule has 16 heavy (non-hydrogen) atoms. The third kappa shape index (κ3) is 3.08. The van der Waals surface area contributed by atoms with Crippen LogP contribution in [0.15, 0.2) is 6.33 Å². The van der Waals surface area contributed by atoms with Gasteiger partial charge in [0.1, 0.15) is 18.0 Å². The number of hydrogen-bond acceptors (Lipinski definition) is 4. The molecule has 0 radical (unpaired) electrons. The Morgan fingerprint density at radius 1 is 1.25 bits per heavy atom. The van der Waals surface area contributed by atoms with Gasteiger partial charge in [0, 0.05) is 19.2 Å². The Kier molecular flexibility index (Phi) is 5.02. The van der Waals surface area contributed by atoms with E-state index in [1.807, 2.05) is 7.05 Å². The zero-order valence-corrected chi connectivity index (χ0v) is 10.7. The highest BCUT2D eigenvalue weighted by Gasteiger charge is 2.13. The summed E-state index contributed by atoms with van der Waals surface area (Å²) in [6.07, 6.45) is 3.95. The summed E-state index contributed by atoms with van der Waals surface area (Å²) < 4.78 is 0. The van der Waals surface area contributed by atoms with Gasteiger partial charge < -0.3 is 10.6 Å². The van der Waals surface area contributed by atoms with Crippen molar-refractivity contribution in [2.45, 2.75) is 39.5 Å². The van der Waals surface area contributed by atoms with Crippen LogP contribution in [-0.2, 0) is 0 Å². The topological polar surface area (TPSA) is 49.8 Å². The first kappa shape index (κ1) is 12.7. The number of aromatic nitrogens is 2. The Labute approximate surface area is 97.9 Å². The van der Waals surface area contributed by atoms with E-state index in [0.717, 1.165) is 24.6 Å². The van der Waals surface area contributed by atoms with Crippen LogP contribution in [0.25, 0.3) is 0 Å². The van der Waals surface area contributed by atoms with Crippen molar-refractivity contribution < 1.29 is 0 Å². The average molecular weight is 222 g/mol. The number of nitrogens with zero attached hydrogens (tertiary/aromatic N) is 2. The summed E-state index contributed by atoms with van der Waals surface area (Å²) in [6, 6.07) is 0. The van der Waals surface area contributed by atoms with Gasteiger partial charge in [0.15, 0.2) is 0 Å². The van der Waals surface area contributed by atoms with Gasteiger partial charge in [-0.1, -0.05) is 27.2 Å². The molecular weight excluding hydrogens is 200 g/mol. The second kappa shape index (κ2) is 6.30. The molecule has 0 aliphatic rings. The van der Waals surface area contributed by atoms with Gasteiger partial charge in [-0.2, -0.15) is 0 Å². The van der Waals surface area contributed by atoms with Crippen LogP contribution in [0.3, 0.4) is 0 Å². The lowest BCUT2D eigenvalue weighted by molar-refractivity contribution is 0.813. The van der Waals surface area contributed by atoms with Crippen molar-refractivity contribution in [2.24, 2.45) is 0 Å². The number of anilines is 2. The van der Waals surface area contributed by atoms with Crippen molar-refractivity contribution in [3.05, 3.63) is 11.9 Å². The molecule has 0 saturated heterocycles. The van der Waals surface area contributed by atoms with E-state index in [-0.39, 0.29) is 0 Å². The van der Waals surface area contributed by atoms with Gasteiger partial charge >= 0.3 is 0 Å². The molecule has 1 aromatic rings. The minimum absolute atomic E-state index is 0.410. The van der Waals surface area contributed by atoms with E-state index in [4.69, 9.17) is 0 Å². The molecule has 0 atom stereocenters. The largest absolute Gasteiger partial charge is 0.373 e. The molecule has 1 rings (SSSR count). The molecule has 0 amide bonds. The zero-order chi connectivity index (χ0) is 12.0. The van der Waals surface area contributed by atoms with E-state index >= 15 is 0 Å². The van der Waals surface area contributed by atoms with E-state index in [9.17, 15) is 0 Å². The van der Waals surface area contributed by atoms with E-state index in [1.165, 1.54) is 12.0 Å². The van der Waals surface area contributed by atoms with Gasteiger partial charge in [-0.15, -0.1) is 0 Å². The normalized spacial score (nSPS) is 10.6. The maximum atomic E-state index is 4.32. The minimum Gasteiger partial charge on any atom is -0.373 e. The molecule has 0 aliphatic carbocycles. The minimum atomic E-state index is 0.410. The fraction of sp³-hybridized carbons (Fsp3) is 0.667. The Hall–Kier alpha value is -1.32. The predicted molar refractivity (Wildman–Crippen MR) is 69.1 cm³/mol. The summed E-state index contributed by atoms with van der Waals surface area (Å²) in [7, 11) is 1.89. The Morgan fingerprint density at radius 3 is 2.50 bits per heavy atom. The molecule has 0 saturated carbocycles. The number of unbranched alkanes of at least 4 members (excludes halogenated alkanes) is 1. The first-order valence-corrected chi connectivity index (χ1v) is 5.97. The van der Waals surface area contributed by atoms with Crippen molar-refractivity contribution >= 4 is 11.6 Å². The molecule has 1 aromatic heterocycles. The van der Waals surface area contributed by atoms with Crippen molar-refractivity contribution in [1.82, 2.24) is 9.97 Å². The molecule has 4 nitrogen and oxygen atoms in total. The lowest BCUT2D eigenvalue weighted by atomic mass is 10.0. The molecule has 0 bridgehead atoms. The summed E-state index contributed by atoms with van der Waals surface area (Å²) in [5, 5.41) is 6.50. The standard InChI is InChI=1S/C12H22N4/c1-5-6-7-14-12-10(9(2)3)11(13-4)15-8-16-12/h8-9H,5-7H2,1-4H3,(H2,13,14,15,16). The summed E-state index contributed by atoms with van der Waals surface area (Å²) in [5.74, 6) is 2.29. The van der Waals surface area contributed by atoms with Crippen LogP contribution in [0, 0.1) is 0 Å². The van der Waals surface area contributed by atoms with Crippen molar-refractivity contribution in [3.63, 3.8) is 0 Å². The smallest absolute Gasteiger partial charge is 0.134 e. The van der Waals surface area contributed by atoms with Crippen molar-refractivity contribution in [2.75, 3.05) is 24.2 Å². The fourth-order valence-electron chi connectivity index (χ4n) is 1.67. The molecule has 0 fully saturated rings. The number of rotatable bonds is 6. The highest BCUT2D eigenvalue weighted by molar-refractivity contribution is 5.58. The van der Waals surface area contributed by atoms with E-state index in [0.29, 0.717) is 5.92 Å². The summed E-state index contributed by atoms with van der Waals surface area (Å²) in [4.78, 5) is 8.56. The Bertz CT molecular complexity index is 323. The van der Waals surface area contributed by atoms with Crippen molar-refractivity contribution in [1.29, 1.82) is 0 Å². The number of nitrogens with one attached hydrogen (secondary N) is 2. The van der Waals surface area contributed by atoms with Crippen LogP contribution >= 0.6 is 0 Å².